The van der Waals surface area contributed by atoms with Crippen LogP contribution in [0.25, 0.3) is 10.6 Å². The molecule has 0 aliphatic heterocycles. The van der Waals surface area contributed by atoms with Crippen LogP contribution in [-0.4, -0.2) is 28.0 Å². The molecule has 3 N–H and O–H groups in total. The molecule has 2 aromatic heterocycles. The van der Waals surface area contributed by atoms with E-state index in [4.69, 9.17) is 15.4 Å². The van der Waals surface area contributed by atoms with Crippen LogP contribution < -0.4 is 5.73 Å². The van der Waals surface area contributed by atoms with Gasteiger partial charge in [0.25, 0.3) is 0 Å². The number of nitrogens with zero attached hydrogens (tertiary/aromatic N) is 1. The highest BCUT2D eigenvalue weighted by Gasteiger charge is 2.12. The molecular formula is C11H12N2O3S2. The van der Waals surface area contributed by atoms with Crippen molar-refractivity contribution in [2.75, 3.05) is 5.75 Å². The number of nitrogens with two attached hydrogens (primary N) is 1. The van der Waals surface area contributed by atoms with E-state index in [1.165, 1.54) is 11.8 Å². The van der Waals surface area contributed by atoms with Gasteiger partial charge in [0.1, 0.15) is 6.04 Å². The van der Waals surface area contributed by atoms with E-state index in [-0.39, 0.29) is 0 Å². The minimum absolute atomic E-state index is 0.358. The average Bonchev–Trinajstić information content (AvgIpc) is 2.98. The van der Waals surface area contributed by atoms with E-state index in [1.54, 1.807) is 11.3 Å². The van der Waals surface area contributed by atoms with E-state index >= 15 is 0 Å². The lowest BCUT2D eigenvalue weighted by molar-refractivity contribution is -0.137. The molecule has 0 spiro atoms. The first-order valence-electron chi connectivity index (χ1n) is 5.22. The van der Waals surface area contributed by atoms with Crippen molar-refractivity contribution < 1.29 is 14.4 Å². The average molecular weight is 284 g/mol. The summed E-state index contributed by atoms with van der Waals surface area (Å²) in [6, 6.07) is 4.94. The summed E-state index contributed by atoms with van der Waals surface area (Å²) in [5.74, 6) is 0.705. The van der Waals surface area contributed by atoms with Crippen molar-refractivity contribution in [3.8, 4) is 10.6 Å². The largest absolute Gasteiger partial charge is 0.480 e. The van der Waals surface area contributed by atoms with Gasteiger partial charge >= 0.3 is 5.97 Å². The van der Waals surface area contributed by atoms with Gasteiger partial charge in [-0.15, -0.1) is 11.3 Å². The molecule has 0 bridgehead atoms. The number of hydrogen-bond acceptors (Lipinski definition) is 6. The van der Waals surface area contributed by atoms with Crippen LogP contribution in [0.1, 0.15) is 5.69 Å². The van der Waals surface area contributed by atoms with Gasteiger partial charge in [-0.25, -0.2) is 0 Å². The van der Waals surface area contributed by atoms with Gasteiger partial charge in [-0.2, -0.15) is 11.8 Å². The van der Waals surface area contributed by atoms with Crippen LogP contribution in [-0.2, 0) is 10.5 Å². The van der Waals surface area contributed by atoms with Crippen molar-refractivity contribution in [1.29, 1.82) is 0 Å². The van der Waals surface area contributed by atoms with Crippen molar-refractivity contribution >= 4 is 29.1 Å². The molecule has 0 fully saturated rings. The second kappa shape index (κ2) is 6.03. The minimum Gasteiger partial charge on any atom is -0.480 e. The van der Waals surface area contributed by atoms with E-state index in [2.05, 4.69) is 5.16 Å². The molecule has 1 unspecified atom stereocenters. The Morgan fingerprint density at radius 2 is 2.50 bits per heavy atom. The third-order valence-corrected chi connectivity index (χ3v) is 4.17. The summed E-state index contributed by atoms with van der Waals surface area (Å²) in [6.45, 7) is 0. The third-order valence-electron chi connectivity index (χ3n) is 2.19. The molecule has 18 heavy (non-hydrogen) atoms. The summed E-state index contributed by atoms with van der Waals surface area (Å²) >= 11 is 3.01. The maximum Gasteiger partial charge on any atom is 0.321 e. The predicted octanol–water partition coefficient (Wildman–Crippen LogP) is 2.05. The number of aromatic nitrogens is 1. The molecule has 0 radical (unpaired) electrons. The van der Waals surface area contributed by atoms with Crippen LogP contribution in [0.4, 0.5) is 0 Å². The van der Waals surface area contributed by atoms with Crippen LogP contribution in [0.15, 0.2) is 28.1 Å². The number of rotatable bonds is 6. The lowest BCUT2D eigenvalue weighted by atomic mass is 10.3. The van der Waals surface area contributed by atoms with Gasteiger partial charge in [-0.05, 0) is 11.4 Å². The molecule has 7 heteroatoms. The predicted molar refractivity (Wildman–Crippen MR) is 71.6 cm³/mol. The van der Waals surface area contributed by atoms with Crippen molar-refractivity contribution in [3.63, 3.8) is 0 Å². The van der Waals surface area contributed by atoms with Gasteiger partial charge in [0, 0.05) is 17.6 Å². The van der Waals surface area contributed by atoms with E-state index in [9.17, 15) is 4.79 Å². The van der Waals surface area contributed by atoms with Crippen molar-refractivity contribution in [3.05, 3.63) is 29.3 Å². The molecule has 2 heterocycles. The summed E-state index contributed by atoms with van der Waals surface area (Å²) in [5.41, 5.74) is 6.19. The van der Waals surface area contributed by atoms with Gasteiger partial charge in [0.2, 0.25) is 0 Å². The Morgan fingerprint density at radius 3 is 3.17 bits per heavy atom. The number of thioether (sulfide) groups is 1. The first-order valence-corrected chi connectivity index (χ1v) is 7.26. The SMILES string of the molecule is NC(CSCc1cc(-c2cccs2)on1)C(=O)O. The smallest absolute Gasteiger partial charge is 0.321 e. The second-order valence-electron chi connectivity index (χ2n) is 3.62. The number of aliphatic carboxylic acids is 1. The topological polar surface area (TPSA) is 89.4 Å². The normalized spacial score (nSPS) is 12.5. The number of thiophene rings is 1. The van der Waals surface area contributed by atoms with Crippen LogP contribution in [0, 0.1) is 0 Å². The van der Waals surface area contributed by atoms with Crippen LogP contribution in [0.2, 0.25) is 0 Å². The fourth-order valence-electron chi connectivity index (χ4n) is 1.28. The Morgan fingerprint density at radius 1 is 1.67 bits per heavy atom. The standard InChI is InChI=1S/C11H12N2O3S2/c12-8(11(14)15)6-17-5-7-4-9(16-13-7)10-2-1-3-18-10/h1-4,8H,5-6,12H2,(H,14,15). The monoisotopic (exact) mass is 284 g/mol. The molecule has 0 saturated heterocycles. The number of carbonyl (C=O) groups is 1. The molecule has 2 rings (SSSR count). The highest BCUT2D eigenvalue weighted by Crippen LogP contribution is 2.26. The zero-order chi connectivity index (χ0) is 13.0. The summed E-state index contributed by atoms with van der Waals surface area (Å²) in [4.78, 5) is 11.6. The van der Waals surface area contributed by atoms with Gasteiger partial charge in [-0.3, -0.25) is 4.79 Å². The molecule has 0 amide bonds. The lowest BCUT2D eigenvalue weighted by Gasteiger charge is -2.03. The van der Waals surface area contributed by atoms with Crippen LogP contribution >= 0.6 is 23.1 Å². The van der Waals surface area contributed by atoms with Gasteiger partial charge in [-0.1, -0.05) is 11.2 Å². The highest BCUT2D eigenvalue weighted by molar-refractivity contribution is 7.98. The molecular weight excluding hydrogens is 272 g/mol. The van der Waals surface area contributed by atoms with Crippen LogP contribution in [0.5, 0.6) is 0 Å². The van der Waals surface area contributed by atoms with Gasteiger partial charge in [0.15, 0.2) is 5.76 Å². The quantitative estimate of drug-likeness (QED) is 0.844. The number of carboxylic acid groups (broad SMARTS) is 1. The third kappa shape index (κ3) is 3.34. The Hall–Kier alpha value is -1.31. The molecule has 5 nitrogen and oxygen atoms in total. The highest BCUT2D eigenvalue weighted by atomic mass is 32.2. The van der Waals surface area contributed by atoms with Gasteiger partial charge in [0.05, 0.1) is 10.6 Å². The number of hydrogen-bond donors (Lipinski definition) is 2. The first kappa shape index (κ1) is 13.1. The van der Waals surface area contributed by atoms with Crippen LogP contribution in [0.3, 0.4) is 0 Å². The molecule has 2 aromatic rings. The Balaban J connectivity index is 1.86. The lowest BCUT2D eigenvalue weighted by Crippen LogP contribution is -2.32. The fraction of sp³-hybridized carbons (Fsp3) is 0.273. The molecule has 0 saturated carbocycles. The summed E-state index contributed by atoms with van der Waals surface area (Å²) < 4.78 is 5.21. The van der Waals surface area contributed by atoms with Gasteiger partial charge < -0.3 is 15.4 Å². The fourth-order valence-corrected chi connectivity index (χ4v) is 2.81. The van der Waals surface area contributed by atoms with Crippen molar-refractivity contribution in [2.24, 2.45) is 5.73 Å². The second-order valence-corrected chi connectivity index (χ2v) is 5.60. The summed E-state index contributed by atoms with van der Waals surface area (Å²) in [7, 11) is 0. The molecule has 0 aromatic carbocycles. The maximum absolute atomic E-state index is 10.5. The Bertz CT molecular complexity index is 510. The summed E-state index contributed by atoms with van der Waals surface area (Å²) in [6.07, 6.45) is 0. The first-order chi connectivity index (χ1) is 8.66. The zero-order valence-electron chi connectivity index (χ0n) is 9.41. The minimum atomic E-state index is -0.984. The number of carboxylic acids is 1. The molecule has 1 atom stereocenters. The van der Waals surface area contributed by atoms with Crippen molar-refractivity contribution in [2.45, 2.75) is 11.8 Å². The van der Waals surface area contributed by atoms with E-state index in [0.717, 1.165) is 16.3 Å². The van der Waals surface area contributed by atoms with Crippen molar-refractivity contribution in [1.82, 2.24) is 5.16 Å². The Kier molecular flexibility index (Phi) is 4.40. The Labute approximate surface area is 112 Å². The summed E-state index contributed by atoms with van der Waals surface area (Å²) in [5, 5.41) is 14.5. The molecule has 0 aliphatic rings. The molecule has 0 aliphatic carbocycles. The zero-order valence-corrected chi connectivity index (χ0v) is 11.0. The molecule has 96 valence electrons. The van der Waals surface area contributed by atoms with E-state index < -0.39 is 12.0 Å². The van der Waals surface area contributed by atoms with E-state index in [0.29, 0.717) is 11.5 Å². The maximum atomic E-state index is 10.5. The van der Waals surface area contributed by atoms with E-state index in [1.807, 2.05) is 23.6 Å².